The molecular formula is C20H22FNO2. The summed E-state index contributed by atoms with van der Waals surface area (Å²) >= 11 is 0. The van der Waals surface area contributed by atoms with Gasteiger partial charge in [0.15, 0.2) is 0 Å². The first-order chi connectivity index (χ1) is 11.6. The van der Waals surface area contributed by atoms with Crippen molar-refractivity contribution in [1.82, 2.24) is 4.90 Å². The lowest BCUT2D eigenvalue weighted by atomic mass is 9.82. The molecule has 24 heavy (non-hydrogen) atoms. The number of halogens is 1. The van der Waals surface area contributed by atoms with Gasteiger partial charge >= 0.3 is 0 Å². The maximum absolute atomic E-state index is 13.6. The monoisotopic (exact) mass is 327 g/mol. The number of fused-ring (bicyclic) bond motifs is 1. The number of nitrogens with zero attached hydrogens (tertiary/aromatic N) is 1. The molecule has 2 atom stereocenters. The maximum Gasteiger partial charge on any atom is 0.128 e. The van der Waals surface area contributed by atoms with Crippen molar-refractivity contribution < 1.29 is 14.2 Å². The third-order valence-corrected chi connectivity index (χ3v) is 5.09. The molecule has 1 unspecified atom stereocenters. The summed E-state index contributed by atoms with van der Waals surface area (Å²) in [5.41, 5.74) is 1.55. The van der Waals surface area contributed by atoms with Crippen LogP contribution in [0.25, 0.3) is 0 Å². The van der Waals surface area contributed by atoms with Gasteiger partial charge in [0.05, 0.1) is 6.10 Å². The molecule has 0 aliphatic carbocycles. The molecule has 1 N–H and O–H groups in total. The van der Waals surface area contributed by atoms with E-state index in [-0.39, 0.29) is 5.82 Å². The number of likely N-dealkylation sites (tertiary alicyclic amines) is 1. The Balaban J connectivity index is 1.55. The predicted octanol–water partition coefficient (Wildman–Crippen LogP) is 3.68. The van der Waals surface area contributed by atoms with Crippen LogP contribution in [0.4, 0.5) is 4.39 Å². The molecule has 1 spiro atoms. The molecule has 1 saturated heterocycles. The first-order valence-electron chi connectivity index (χ1n) is 8.56. The van der Waals surface area contributed by atoms with E-state index in [1.54, 1.807) is 6.07 Å². The molecule has 4 heteroatoms. The van der Waals surface area contributed by atoms with Crippen molar-refractivity contribution in [3.63, 3.8) is 0 Å². The lowest BCUT2D eigenvalue weighted by Crippen LogP contribution is -2.53. The number of ether oxygens (including phenoxy) is 1. The normalized spacial score (nSPS) is 26.8. The number of benzene rings is 2. The van der Waals surface area contributed by atoms with Gasteiger partial charge in [-0.2, -0.15) is 0 Å². The molecule has 2 aromatic carbocycles. The van der Waals surface area contributed by atoms with E-state index >= 15 is 0 Å². The van der Waals surface area contributed by atoms with Crippen LogP contribution >= 0.6 is 0 Å². The van der Waals surface area contributed by atoms with E-state index in [0.29, 0.717) is 17.7 Å². The second kappa shape index (κ2) is 6.19. The van der Waals surface area contributed by atoms with Gasteiger partial charge in [-0.1, -0.05) is 30.3 Å². The van der Waals surface area contributed by atoms with Crippen molar-refractivity contribution in [2.45, 2.75) is 37.5 Å². The largest absolute Gasteiger partial charge is 0.485 e. The van der Waals surface area contributed by atoms with E-state index in [1.165, 1.54) is 17.7 Å². The minimum Gasteiger partial charge on any atom is -0.485 e. The van der Waals surface area contributed by atoms with Crippen LogP contribution in [0.15, 0.2) is 48.5 Å². The second-order valence-electron chi connectivity index (χ2n) is 6.99. The zero-order valence-electron chi connectivity index (χ0n) is 13.6. The van der Waals surface area contributed by atoms with Crippen molar-refractivity contribution in [1.29, 1.82) is 0 Å². The van der Waals surface area contributed by atoms with E-state index in [2.05, 4.69) is 29.2 Å². The van der Waals surface area contributed by atoms with Crippen LogP contribution < -0.4 is 4.74 Å². The molecule has 2 aromatic rings. The number of rotatable bonds is 2. The van der Waals surface area contributed by atoms with Crippen LogP contribution in [0.5, 0.6) is 5.75 Å². The number of piperidine rings is 1. The van der Waals surface area contributed by atoms with Gasteiger partial charge in [0, 0.05) is 31.1 Å². The Kier molecular flexibility index (Phi) is 4.02. The van der Waals surface area contributed by atoms with Crippen molar-refractivity contribution in [3.8, 4) is 5.75 Å². The molecular weight excluding hydrogens is 305 g/mol. The molecule has 0 aromatic heterocycles. The zero-order valence-corrected chi connectivity index (χ0v) is 13.6. The number of hydrogen-bond donors (Lipinski definition) is 1. The molecule has 2 aliphatic heterocycles. The summed E-state index contributed by atoms with van der Waals surface area (Å²) in [6.45, 7) is 2.65. The minimum atomic E-state index is -0.592. The summed E-state index contributed by atoms with van der Waals surface area (Å²) in [5.74, 6) is 0.172. The quantitative estimate of drug-likeness (QED) is 0.913. The molecule has 4 rings (SSSR count). The van der Waals surface area contributed by atoms with Gasteiger partial charge in [0.25, 0.3) is 0 Å². The summed E-state index contributed by atoms with van der Waals surface area (Å²) in [7, 11) is 0. The molecule has 0 saturated carbocycles. The highest BCUT2D eigenvalue weighted by atomic mass is 19.1. The molecule has 0 radical (unpaired) electrons. The molecule has 2 heterocycles. The molecule has 0 bridgehead atoms. The van der Waals surface area contributed by atoms with Gasteiger partial charge in [-0.3, -0.25) is 4.90 Å². The van der Waals surface area contributed by atoms with Gasteiger partial charge < -0.3 is 9.84 Å². The first kappa shape index (κ1) is 15.6. The predicted molar refractivity (Wildman–Crippen MR) is 90.3 cm³/mol. The lowest BCUT2D eigenvalue weighted by molar-refractivity contribution is -0.0627. The Morgan fingerprint density at radius 1 is 1.21 bits per heavy atom. The van der Waals surface area contributed by atoms with Gasteiger partial charge in [-0.15, -0.1) is 0 Å². The second-order valence-corrected chi connectivity index (χ2v) is 6.99. The molecule has 126 valence electrons. The first-order valence-corrected chi connectivity index (χ1v) is 8.56. The number of hydrogen-bond acceptors (Lipinski definition) is 3. The van der Waals surface area contributed by atoms with Gasteiger partial charge in [-0.25, -0.2) is 4.39 Å². The fourth-order valence-electron chi connectivity index (χ4n) is 4.03. The van der Waals surface area contributed by atoms with Gasteiger partial charge in [0.1, 0.15) is 17.2 Å². The minimum absolute atomic E-state index is 0.324. The van der Waals surface area contributed by atoms with E-state index in [1.807, 2.05) is 6.07 Å². The average molecular weight is 327 g/mol. The Hall–Kier alpha value is -1.91. The Labute approximate surface area is 141 Å². The van der Waals surface area contributed by atoms with Crippen molar-refractivity contribution in [2.75, 3.05) is 13.1 Å². The highest BCUT2D eigenvalue weighted by molar-refractivity contribution is 5.38. The maximum atomic E-state index is 13.6. The highest BCUT2D eigenvalue weighted by Crippen LogP contribution is 2.43. The van der Waals surface area contributed by atoms with Crippen LogP contribution in [0.3, 0.4) is 0 Å². The topological polar surface area (TPSA) is 32.7 Å². The third-order valence-electron chi connectivity index (χ3n) is 5.09. The molecule has 3 nitrogen and oxygen atoms in total. The third kappa shape index (κ3) is 3.04. The van der Waals surface area contributed by atoms with Crippen molar-refractivity contribution in [3.05, 3.63) is 65.5 Å². The van der Waals surface area contributed by atoms with Crippen molar-refractivity contribution >= 4 is 0 Å². The Bertz CT molecular complexity index is 721. The van der Waals surface area contributed by atoms with E-state index in [4.69, 9.17) is 4.74 Å². The molecule has 2 aliphatic rings. The molecule has 1 fully saturated rings. The van der Waals surface area contributed by atoms with Crippen LogP contribution in [-0.4, -0.2) is 28.7 Å². The highest BCUT2D eigenvalue weighted by Gasteiger charge is 2.43. The van der Waals surface area contributed by atoms with E-state index in [0.717, 1.165) is 32.5 Å². The summed E-state index contributed by atoms with van der Waals surface area (Å²) in [6, 6.07) is 14.8. The Morgan fingerprint density at radius 2 is 2.04 bits per heavy atom. The average Bonchev–Trinajstić information content (AvgIpc) is 2.55. The van der Waals surface area contributed by atoms with Crippen LogP contribution in [0, 0.1) is 5.82 Å². The zero-order chi connectivity index (χ0) is 16.6. The van der Waals surface area contributed by atoms with E-state index < -0.39 is 11.7 Å². The molecule has 0 amide bonds. The van der Waals surface area contributed by atoms with Crippen LogP contribution in [0.2, 0.25) is 0 Å². The summed E-state index contributed by atoms with van der Waals surface area (Å²) in [6.07, 6.45) is 1.89. The smallest absolute Gasteiger partial charge is 0.128 e. The number of aliphatic hydroxyl groups is 1. The Morgan fingerprint density at radius 3 is 2.88 bits per heavy atom. The fraction of sp³-hybridized carbons (Fsp3) is 0.400. The van der Waals surface area contributed by atoms with Crippen LogP contribution in [-0.2, 0) is 6.54 Å². The standard InChI is InChI=1S/C20H22FNO2/c21-16-7-8-17-18(23)12-20(24-19(17)11-16)9-4-10-22(14-20)13-15-5-2-1-3-6-15/h1-3,5-8,11,18,23H,4,9-10,12-14H2/t18-,20?/m1/s1. The van der Waals surface area contributed by atoms with Crippen LogP contribution in [0.1, 0.15) is 36.5 Å². The van der Waals surface area contributed by atoms with Gasteiger partial charge in [0.2, 0.25) is 0 Å². The summed E-state index contributed by atoms with van der Waals surface area (Å²) in [4.78, 5) is 2.37. The van der Waals surface area contributed by atoms with Crippen molar-refractivity contribution in [2.24, 2.45) is 0 Å². The van der Waals surface area contributed by atoms with E-state index in [9.17, 15) is 9.50 Å². The summed E-state index contributed by atoms with van der Waals surface area (Å²) < 4.78 is 19.8. The fourth-order valence-corrected chi connectivity index (χ4v) is 4.03. The summed E-state index contributed by atoms with van der Waals surface area (Å²) in [5, 5.41) is 10.5. The van der Waals surface area contributed by atoms with Gasteiger partial charge in [-0.05, 0) is 37.1 Å². The SMILES string of the molecule is O[C@@H]1CC2(CCCN(Cc3ccccc3)C2)Oc2cc(F)ccc21. The number of aliphatic hydroxyl groups excluding tert-OH is 1. The lowest BCUT2D eigenvalue weighted by Gasteiger charge is -2.46.